The molecule has 0 unspecified atom stereocenters. The van der Waals surface area contributed by atoms with Crippen LogP contribution in [0.2, 0.25) is 0 Å². The Hall–Kier alpha value is -12.2. The van der Waals surface area contributed by atoms with Crippen LogP contribution in [0.1, 0.15) is 158 Å². The Bertz CT molecular complexity index is 6680. The predicted molar refractivity (Wildman–Crippen MR) is 520 cm³/mol. The maximum Gasteiger partial charge on any atom is 0.148 e. The Morgan fingerprint density at radius 1 is 0.262 bits per heavy atom. The number of benzene rings is 14. The summed E-state index contributed by atoms with van der Waals surface area (Å²) in [4.78, 5) is 21.4. The van der Waals surface area contributed by atoms with E-state index in [1.165, 1.54) is 11.1 Å². The van der Waals surface area contributed by atoms with Gasteiger partial charge in [0.05, 0.1) is 50.1 Å². The summed E-state index contributed by atoms with van der Waals surface area (Å²) in [5, 5.41) is 28.4. The van der Waals surface area contributed by atoms with Crippen molar-refractivity contribution in [2.45, 2.75) is 157 Å². The van der Waals surface area contributed by atoms with E-state index in [-0.39, 0.29) is 86.1 Å². The molecule has 14 aromatic carbocycles. The van der Waals surface area contributed by atoms with Gasteiger partial charge in [0.1, 0.15) is 23.1 Å². The van der Waals surface area contributed by atoms with Gasteiger partial charge in [-0.15, -0.1) is 58.7 Å². The molecule has 0 saturated heterocycles. The second kappa shape index (κ2) is 34.6. The molecule has 0 amide bonds. The van der Waals surface area contributed by atoms with E-state index >= 15 is 0 Å². The van der Waals surface area contributed by atoms with Crippen LogP contribution in [0.5, 0.6) is 11.5 Å². The van der Waals surface area contributed by atoms with Crippen LogP contribution in [0, 0.1) is 12.1 Å². The first-order chi connectivity index (χ1) is 59.1. The Kier molecular flexibility index (Phi) is 24.4. The fraction of sp³-hybridized carbons (Fsp3) is 0.207. The summed E-state index contributed by atoms with van der Waals surface area (Å²) in [6, 6.07) is 117. The normalized spacial score (nSPS) is 12.1. The largest absolute Gasteiger partial charge is 0.507 e. The number of rotatable bonds is 12. The number of para-hydroxylation sites is 3. The molecule has 0 aliphatic carbocycles. The zero-order valence-corrected chi connectivity index (χ0v) is 79.8. The summed E-state index contributed by atoms with van der Waals surface area (Å²) in [5.41, 5.74) is 29.1. The van der Waals surface area contributed by atoms with Crippen LogP contribution in [0.4, 0.5) is 0 Å². The van der Waals surface area contributed by atoms with E-state index in [4.69, 9.17) is 19.9 Å². The number of hydrogen-bond acceptors (Lipinski definition) is 6. The molecule has 0 aliphatic rings. The van der Waals surface area contributed by atoms with Crippen molar-refractivity contribution in [1.82, 2.24) is 29.1 Å². The molecule has 0 saturated carbocycles. The molecule has 4 heterocycles. The van der Waals surface area contributed by atoms with Crippen molar-refractivity contribution >= 4 is 43.7 Å². The third-order valence-electron chi connectivity index (χ3n) is 24.1. The molecule has 0 fully saturated rings. The number of fused-ring (bicyclic) bond motifs is 4. The Balaban J connectivity index is 0.000000191. The second-order valence-electron chi connectivity index (χ2n) is 39.4. The first kappa shape index (κ1) is 88.7. The molecule has 4 aromatic heterocycles. The number of phenols is 2. The van der Waals surface area contributed by atoms with Gasteiger partial charge in [-0.2, -0.15) is 0 Å². The van der Waals surface area contributed by atoms with E-state index in [1.807, 2.05) is 24.4 Å². The maximum atomic E-state index is 12.5. The van der Waals surface area contributed by atoms with Crippen molar-refractivity contribution in [3.05, 3.63) is 361 Å². The number of aromatic hydroxyl groups is 2. The van der Waals surface area contributed by atoms with Crippen molar-refractivity contribution in [3.63, 3.8) is 0 Å². The van der Waals surface area contributed by atoms with Crippen LogP contribution in [0.15, 0.2) is 316 Å². The standard InChI is InChI=1S/2C58H54N3O.2Pt/c1-56(2,3)43-32-41(31-42(33-43)50-29-27-39-23-16-17-25-49(39)59-50)45-24-18-26-52-53(45)60-55(47-35-44(57(4,5)6)36-48(54(47)62)58(7,8)9)61(52)51-30-28-40(37-19-12-10-13-20-37)34-46(51)38-21-14-11-15-22-38;1-56(2,3)44-30-42(29-43(31-44)50-33-39-23-16-17-24-41(39)36-59-50)46-25-18-26-52-53(46)60-55(48-34-45(57(4,5)6)35-49(54(48)62)58(7,8)9)61(52)51-28-27-40(37-19-12-10-13-20-37)32-47(51)38-21-14-11-15-22-38;;/h10-30,32-36,62H,1-9H3;10-28,30-36,62H,1-9H3;;/q2*-1;;. The smallest absolute Gasteiger partial charge is 0.148 e. The zero-order valence-electron chi connectivity index (χ0n) is 75.2. The van der Waals surface area contributed by atoms with Gasteiger partial charge in [0.2, 0.25) is 0 Å². The SMILES string of the molecule is CC(C)(C)c1cc(-c2cc3ccccc3cn2)[c-]c(-c2cccc3c2nc(-c2cc(C(C)(C)C)cc(C(C)(C)C)c2O)n3-c2ccc(-c3ccccc3)cc2-c2ccccc2)c1.CC(C)(C)c1cc(-c2ccc3ccccc3n2)[c-]c(-c2cccc3c2nc(-c2cc(C(C)(C)C)cc(C(C)(C)C)c2O)n3-c2ccc(-c3ccccc3)cc2-c2ccccc2)c1.[Pt].[Pt]. The Labute approximate surface area is 772 Å². The third-order valence-corrected chi connectivity index (χ3v) is 24.1. The number of imidazole rings is 2. The molecular formula is C116H108N6O2Pt2-2. The van der Waals surface area contributed by atoms with Crippen molar-refractivity contribution < 1.29 is 52.3 Å². The van der Waals surface area contributed by atoms with Gasteiger partial charge in [-0.1, -0.05) is 377 Å². The second-order valence-corrected chi connectivity index (χ2v) is 39.4. The Morgan fingerprint density at radius 2 is 0.627 bits per heavy atom. The predicted octanol–water partition coefficient (Wildman–Crippen LogP) is 30.6. The van der Waals surface area contributed by atoms with Gasteiger partial charge >= 0.3 is 0 Å². The number of nitrogens with zero attached hydrogens (tertiary/aromatic N) is 6. The first-order valence-electron chi connectivity index (χ1n) is 43.3. The minimum Gasteiger partial charge on any atom is -0.507 e. The molecule has 636 valence electrons. The van der Waals surface area contributed by atoms with E-state index in [2.05, 4.69) is 437 Å². The minimum absolute atomic E-state index is 0. The molecule has 10 heteroatoms. The van der Waals surface area contributed by atoms with E-state index in [0.29, 0.717) is 22.8 Å². The number of pyridine rings is 2. The topological polar surface area (TPSA) is 102 Å². The molecule has 0 atom stereocenters. The monoisotopic (exact) mass is 2010 g/mol. The van der Waals surface area contributed by atoms with E-state index in [9.17, 15) is 10.2 Å². The quantitative estimate of drug-likeness (QED) is 0.118. The minimum atomic E-state index is -0.329. The molecule has 2 N–H and O–H groups in total. The fourth-order valence-corrected chi connectivity index (χ4v) is 16.9. The number of aromatic nitrogens is 6. The molecule has 0 bridgehead atoms. The van der Waals surface area contributed by atoms with Gasteiger partial charge in [0, 0.05) is 82.0 Å². The molecule has 126 heavy (non-hydrogen) atoms. The van der Waals surface area contributed by atoms with Gasteiger partial charge in [0.15, 0.2) is 0 Å². The van der Waals surface area contributed by atoms with Crippen molar-refractivity contribution in [2.24, 2.45) is 0 Å². The molecular weight excluding hydrogens is 1900 g/mol. The van der Waals surface area contributed by atoms with Gasteiger partial charge < -0.3 is 10.2 Å². The number of hydrogen-bond donors (Lipinski definition) is 2. The van der Waals surface area contributed by atoms with Crippen LogP contribution in [0.25, 0.3) is 167 Å². The summed E-state index contributed by atoms with van der Waals surface area (Å²) < 4.78 is 4.53. The molecule has 18 rings (SSSR count). The summed E-state index contributed by atoms with van der Waals surface area (Å²) >= 11 is 0. The summed E-state index contributed by atoms with van der Waals surface area (Å²) in [6.07, 6.45) is 1.95. The van der Waals surface area contributed by atoms with Gasteiger partial charge in [-0.3, -0.25) is 19.1 Å². The van der Waals surface area contributed by atoms with Crippen LogP contribution < -0.4 is 0 Å². The summed E-state index contributed by atoms with van der Waals surface area (Å²) in [7, 11) is 0. The van der Waals surface area contributed by atoms with Crippen molar-refractivity contribution in [2.75, 3.05) is 0 Å². The van der Waals surface area contributed by atoms with E-state index in [0.717, 1.165) is 167 Å². The fourth-order valence-electron chi connectivity index (χ4n) is 16.9. The summed E-state index contributed by atoms with van der Waals surface area (Å²) in [6.45, 7) is 39.8. The molecule has 0 spiro atoms. The van der Waals surface area contributed by atoms with Crippen molar-refractivity contribution in [1.29, 1.82) is 0 Å². The molecule has 8 nitrogen and oxygen atoms in total. The zero-order chi connectivity index (χ0) is 87.1. The van der Waals surface area contributed by atoms with Gasteiger partial charge in [-0.25, -0.2) is 9.97 Å². The van der Waals surface area contributed by atoms with Crippen LogP contribution in [-0.2, 0) is 74.6 Å². The Morgan fingerprint density at radius 3 is 1.04 bits per heavy atom. The number of phenolic OH excluding ortho intramolecular Hbond substituents is 2. The average Bonchev–Trinajstić information content (AvgIpc) is 1.55. The van der Waals surface area contributed by atoms with Crippen LogP contribution >= 0.6 is 0 Å². The first-order valence-corrected chi connectivity index (χ1v) is 43.3. The molecule has 0 radical (unpaired) electrons. The summed E-state index contributed by atoms with van der Waals surface area (Å²) in [5.74, 6) is 1.85. The van der Waals surface area contributed by atoms with Crippen LogP contribution in [0.3, 0.4) is 0 Å². The van der Waals surface area contributed by atoms with Crippen molar-refractivity contribution in [3.8, 4) is 135 Å². The molecule has 0 aliphatic heterocycles. The van der Waals surface area contributed by atoms with Crippen LogP contribution in [-0.4, -0.2) is 39.3 Å². The maximum absolute atomic E-state index is 12.5. The average molecular weight is 2010 g/mol. The van der Waals surface area contributed by atoms with Gasteiger partial charge in [-0.05, 0) is 148 Å². The van der Waals surface area contributed by atoms with E-state index in [1.54, 1.807) is 0 Å². The molecule has 18 aromatic rings. The van der Waals surface area contributed by atoms with E-state index < -0.39 is 0 Å². The third kappa shape index (κ3) is 17.8. The van der Waals surface area contributed by atoms with Gasteiger partial charge in [0.25, 0.3) is 0 Å².